The number of nitrogens with zero attached hydrogens (tertiary/aromatic N) is 3. The molecule has 0 fully saturated rings. The van der Waals surface area contributed by atoms with Crippen molar-refractivity contribution < 1.29 is 29.7 Å². The van der Waals surface area contributed by atoms with Crippen LogP contribution in [0.15, 0.2) is 188 Å². The standard InChI is InChI=1S/C62H54N3.Ir/c1-44-24-27-51(28-25-44)60-38-57(53-23-15-22-52(37-53)48-16-9-6-10-17-48)54(41-63-60)29-26-45-34-46(39-61(2,3)55-30-32-58(64-42-55)49-18-11-7-12-19-49)36-47(35-45)40-62(4,5)56-31-33-59(65-43-56)50-20-13-8-14-21-50;/h6-18,20,22-25,27,30-38,41-43H,26,29,39-40H2,1-5H3;/q-3;+3/i1D3,26D2,29D2;. The molecule has 0 aliphatic carbocycles. The van der Waals surface area contributed by atoms with Crippen molar-refractivity contribution in [3.63, 3.8) is 0 Å². The summed E-state index contributed by atoms with van der Waals surface area (Å²) in [7, 11) is 0. The average Bonchev–Trinajstić information content (AvgIpc) is 3.38. The number of aryl methyl sites for hydroxylation is 3. The van der Waals surface area contributed by atoms with E-state index in [0.29, 0.717) is 35.2 Å². The Hall–Kier alpha value is -6.58. The summed E-state index contributed by atoms with van der Waals surface area (Å²) in [4.78, 5) is 14.4. The molecule has 326 valence electrons. The molecule has 0 aliphatic heterocycles. The first-order valence-corrected chi connectivity index (χ1v) is 22.0. The molecular formula is C62H54IrN3. The van der Waals surface area contributed by atoms with Gasteiger partial charge in [0.05, 0.1) is 0 Å². The first-order valence-electron chi connectivity index (χ1n) is 25.5. The number of rotatable bonds is 14. The Bertz CT molecular complexity index is 3190. The molecule has 66 heavy (non-hydrogen) atoms. The fourth-order valence-corrected chi connectivity index (χ4v) is 8.44. The molecule has 6 aromatic carbocycles. The predicted molar refractivity (Wildman–Crippen MR) is 268 cm³/mol. The minimum atomic E-state index is -2.64. The molecule has 9 aromatic rings. The smallest absolute Gasteiger partial charge is 0.304 e. The van der Waals surface area contributed by atoms with Crippen LogP contribution < -0.4 is 0 Å². The number of benzene rings is 6. The van der Waals surface area contributed by atoms with Gasteiger partial charge in [0, 0.05) is 28.2 Å². The largest absolute Gasteiger partial charge is 3.00 e. The molecule has 0 spiro atoms. The zero-order valence-corrected chi connectivity index (χ0v) is 39.9. The van der Waals surface area contributed by atoms with Crippen molar-refractivity contribution in [1.29, 1.82) is 0 Å². The van der Waals surface area contributed by atoms with Crippen LogP contribution in [0.4, 0.5) is 0 Å². The Balaban J connectivity index is 0.00000711. The summed E-state index contributed by atoms with van der Waals surface area (Å²) in [6.07, 6.45) is 1.01. The van der Waals surface area contributed by atoms with E-state index in [1.54, 1.807) is 12.1 Å². The molecule has 0 bridgehead atoms. The van der Waals surface area contributed by atoms with Crippen molar-refractivity contribution in [2.45, 2.75) is 71.0 Å². The van der Waals surface area contributed by atoms with Gasteiger partial charge in [0.2, 0.25) is 0 Å². The van der Waals surface area contributed by atoms with E-state index in [2.05, 4.69) is 64.1 Å². The van der Waals surface area contributed by atoms with Crippen LogP contribution in [0.2, 0.25) is 0 Å². The molecule has 0 N–H and O–H groups in total. The number of pyridine rings is 3. The monoisotopic (exact) mass is 1040 g/mol. The van der Waals surface area contributed by atoms with E-state index in [4.69, 9.17) is 19.1 Å². The molecule has 0 atom stereocenters. The Morgan fingerprint density at radius 2 is 1.05 bits per heavy atom. The number of hydrogen-bond donors (Lipinski definition) is 0. The Labute approximate surface area is 415 Å². The van der Waals surface area contributed by atoms with Gasteiger partial charge in [-0.2, -0.15) is 0 Å². The second-order valence-corrected chi connectivity index (χ2v) is 17.9. The SMILES string of the molecule is [2H]C([2H])([2H])c1c[c-]c(-c2cc(-c3cccc(-c4ccccc4)c3)c(C([2H])([2H])C([2H])([2H])c3cc(CC(C)(C)c4ccc(-c5[c-]cccc5)nc4)cc(CC(C)(C)c4ccc(-c5[c-]cccc5)nc4)c3)cn2)cc1.[Ir+3]. The van der Waals surface area contributed by atoms with Crippen LogP contribution in [0.3, 0.4) is 0 Å². The van der Waals surface area contributed by atoms with Gasteiger partial charge in [-0.15, -0.1) is 107 Å². The Morgan fingerprint density at radius 1 is 0.485 bits per heavy atom. The van der Waals surface area contributed by atoms with E-state index in [1.807, 2.05) is 140 Å². The average molecular weight is 1040 g/mol. The number of hydrogen-bond acceptors (Lipinski definition) is 3. The van der Waals surface area contributed by atoms with Crippen LogP contribution >= 0.6 is 0 Å². The van der Waals surface area contributed by atoms with E-state index in [1.165, 1.54) is 18.3 Å². The molecule has 0 aliphatic rings. The molecule has 0 saturated carbocycles. The van der Waals surface area contributed by atoms with Crippen LogP contribution in [0.5, 0.6) is 0 Å². The maximum Gasteiger partial charge on any atom is 3.00 e. The van der Waals surface area contributed by atoms with Gasteiger partial charge < -0.3 is 15.0 Å². The molecule has 3 heterocycles. The van der Waals surface area contributed by atoms with Gasteiger partial charge in [-0.3, -0.25) is 0 Å². The number of aromatic nitrogens is 3. The van der Waals surface area contributed by atoms with Gasteiger partial charge in [0.25, 0.3) is 0 Å². The molecule has 9 rings (SSSR count). The molecule has 4 heteroatoms. The molecule has 0 saturated heterocycles. The van der Waals surface area contributed by atoms with E-state index in [0.717, 1.165) is 55.9 Å². The van der Waals surface area contributed by atoms with Gasteiger partial charge in [0.1, 0.15) is 0 Å². The van der Waals surface area contributed by atoms with E-state index in [-0.39, 0.29) is 36.8 Å². The molecule has 3 aromatic heterocycles. The summed E-state index contributed by atoms with van der Waals surface area (Å²) >= 11 is 0. The first-order chi connectivity index (χ1) is 34.3. The normalized spacial score (nSPS) is 13.7. The van der Waals surface area contributed by atoms with Crippen molar-refractivity contribution in [1.82, 2.24) is 15.0 Å². The van der Waals surface area contributed by atoms with Crippen LogP contribution in [0.25, 0.3) is 56.0 Å². The molecule has 0 amide bonds. The topological polar surface area (TPSA) is 38.7 Å². The summed E-state index contributed by atoms with van der Waals surface area (Å²) in [5.41, 5.74) is 10.6. The third kappa shape index (κ3) is 10.9. The zero-order chi connectivity index (χ0) is 50.9. The van der Waals surface area contributed by atoms with Gasteiger partial charge >= 0.3 is 20.1 Å². The fraction of sp³-hybridized carbons (Fsp3) is 0.177. The van der Waals surface area contributed by atoms with Crippen molar-refractivity contribution in [2.24, 2.45) is 0 Å². The van der Waals surface area contributed by atoms with Gasteiger partial charge in [0.15, 0.2) is 0 Å². The quantitative estimate of drug-likeness (QED) is 0.102. The van der Waals surface area contributed by atoms with E-state index >= 15 is 0 Å². The minimum absolute atomic E-state index is 0. The van der Waals surface area contributed by atoms with E-state index < -0.39 is 30.4 Å². The summed E-state index contributed by atoms with van der Waals surface area (Å²) in [5, 5.41) is 0. The molecule has 3 nitrogen and oxygen atoms in total. The summed E-state index contributed by atoms with van der Waals surface area (Å²) < 4.78 is 63.7. The van der Waals surface area contributed by atoms with Crippen molar-refractivity contribution in [3.8, 4) is 56.0 Å². The van der Waals surface area contributed by atoms with Crippen LogP contribution in [0, 0.1) is 25.1 Å². The second-order valence-electron chi connectivity index (χ2n) is 17.9. The summed E-state index contributed by atoms with van der Waals surface area (Å²) in [6.45, 7) is 6.29. The van der Waals surface area contributed by atoms with Gasteiger partial charge in [-0.1, -0.05) is 132 Å². The second kappa shape index (κ2) is 20.3. The molecule has 0 unspecified atom stereocenters. The first kappa shape index (κ1) is 37.6. The molecule has 0 radical (unpaired) electrons. The third-order valence-corrected chi connectivity index (χ3v) is 12.0. The Kier molecular flexibility index (Phi) is 11.6. The van der Waals surface area contributed by atoms with Crippen molar-refractivity contribution in [3.05, 3.63) is 246 Å². The van der Waals surface area contributed by atoms with Gasteiger partial charge in [-0.25, -0.2) is 0 Å². The maximum atomic E-state index is 10.0. The van der Waals surface area contributed by atoms with Crippen LogP contribution in [-0.4, -0.2) is 15.0 Å². The zero-order valence-electron chi connectivity index (χ0n) is 44.5. The van der Waals surface area contributed by atoms with Crippen molar-refractivity contribution >= 4 is 0 Å². The molecular weight excluding hydrogens is 979 g/mol. The van der Waals surface area contributed by atoms with Crippen molar-refractivity contribution in [2.75, 3.05) is 0 Å². The summed E-state index contributed by atoms with van der Waals surface area (Å²) in [6, 6.07) is 63.1. The van der Waals surface area contributed by atoms with Crippen LogP contribution in [0.1, 0.15) is 76.2 Å². The predicted octanol–water partition coefficient (Wildman–Crippen LogP) is 14.7. The van der Waals surface area contributed by atoms with E-state index in [9.17, 15) is 5.48 Å². The maximum absolute atomic E-state index is 10.0. The summed E-state index contributed by atoms with van der Waals surface area (Å²) in [5.74, 6) is 0. The Morgan fingerprint density at radius 3 is 1.59 bits per heavy atom. The third-order valence-electron chi connectivity index (χ3n) is 12.0. The minimum Gasteiger partial charge on any atom is -0.304 e. The fourth-order valence-electron chi connectivity index (χ4n) is 8.44. The van der Waals surface area contributed by atoms with Gasteiger partial charge in [-0.05, 0) is 115 Å². The van der Waals surface area contributed by atoms with Crippen LogP contribution in [-0.2, 0) is 56.5 Å².